The van der Waals surface area contributed by atoms with Gasteiger partial charge in [0.15, 0.2) is 0 Å². The zero-order valence-electron chi connectivity index (χ0n) is 11.8. The van der Waals surface area contributed by atoms with Gasteiger partial charge < -0.3 is 11.1 Å². The fraction of sp³-hybridized carbons (Fsp3) is 0.375. The van der Waals surface area contributed by atoms with Crippen molar-refractivity contribution < 1.29 is 4.79 Å². The van der Waals surface area contributed by atoms with E-state index < -0.39 is 0 Å². The van der Waals surface area contributed by atoms with Crippen molar-refractivity contribution in [3.63, 3.8) is 0 Å². The quantitative estimate of drug-likeness (QED) is 0.912. The number of nitrogens with zero attached hydrogens (tertiary/aromatic N) is 1. The molecule has 0 bridgehead atoms. The lowest BCUT2D eigenvalue weighted by atomic mass is 10.0. The van der Waals surface area contributed by atoms with Gasteiger partial charge in [-0.25, -0.2) is 4.98 Å². The van der Waals surface area contributed by atoms with E-state index in [1.54, 1.807) is 6.20 Å². The Hall–Kier alpha value is -1.72. The normalized spacial score (nSPS) is 21.4. The number of thiazole rings is 1. The molecule has 1 aromatic carbocycles. The number of hydrogen-bond donors (Lipinski definition) is 2. The van der Waals surface area contributed by atoms with E-state index in [9.17, 15) is 4.79 Å². The molecule has 1 aliphatic carbocycles. The monoisotopic (exact) mass is 301 g/mol. The molecule has 0 radical (unpaired) electrons. The summed E-state index contributed by atoms with van der Waals surface area (Å²) < 4.78 is 0. The third kappa shape index (κ3) is 3.14. The standard InChI is InChI=1S/C16H19N3OS/c17-9-12-7-4-8-13(12)19-15(20)14-10-18-16(21-14)11-5-2-1-3-6-11/h1-3,5-6,10,12-13H,4,7-9,17H2,(H,19,20). The van der Waals surface area contributed by atoms with E-state index in [1.807, 2.05) is 30.3 Å². The van der Waals surface area contributed by atoms with Gasteiger partial charge in [0.2, 0.25) is 0 Å². The van der Waals surface area contributed by atoms with Crippen LogP contribution in [-0.2, 0) is 0 Å². The maximum Gasteiger partial charge on any atom is 0.263 e. The van der Waals surface area contributed by atoms with Gasteiger partial charge in [-0.3, -0.25) is 4.79 Å². The Bertz CT molecular complexity index is 611. The molecule has 5 heteroatoms. The first-order chi connectivity index (χ1) is 10.3. The van der Waals surface area contributed by atoms with Crippen molar-refractivity contribution in [2.24, 2.45) is 11.7 Å². The van der Waals surface area contributed by atoms with E-state index in [1.165, 1.54) is 11.3 Å². The average molecular weight is 301 g/mol. The van der Waals surface area contributed by atoms with Crippen LogP contribution >= 0.6 is 11.3 Å². The van der Waals surface area contributed by atoms with Crippen molar-refractivity contribution in [3.05, 3.63) is 41.4 Å². The zero-order chi connectivity index (χ0) is 14.7. The number of nitrogens with one attached hydrogen (secondary N) is 1. The Morgan fingerprint density at radius 2 is 2.14 bits per heavy atom. The Labute approximate surface area is 128 Å². The van der Waals surface area contributed by atoms with Crippen molar-refractivity contribution in [1.82, 2.24) is 10.3 Å². The molecular weight excluding hydrogens is 282 g/mol. The summed E-state index contributed by atoms with van der Waals surface area (Å²) in [5.41, 5.74) is 6.80. The van der Waals surface area contributed by atoms with Gasteiger partial charge in [0.05, 0.1) is 6.20 Å². The van der Waals surface area contributed by atoms with Gasteiger partial charge in [-0.2, -0.15) is 0 Å². The Morgan fingerprint density at radius 1 is 1.33 bits per heavy atom. The number of nitrogens with two attached hydrogens (primary N) is 1. The van der Waals surface area contributed by atoms with E-state index in [0.29, 0.717) is 17.3 Å². The highest BCUT2D eigenvalue weighted by atomic mass is 32.1. The summed E-state index contributed by atoms with van der Waals surface area (Å²) in [6.07, 6.45) is 4.94. The predicted octanol–water partition coefficient (Wildman–Crippen LogP) is 2.67. The molecule has 1 aliphatic rings. The summed E-state index contributed by atoms with van der Waals surface area (Å²) in [6, 6.07) is 10.1. The molecule has 3 rings (SSSR count). The number of amides is 1. The zero-order valence-corrected chi connectivity index (χ0v) is 12.6. The molecule has 1 amide bonds. The molecule has 110 valence electrons. The lowest BCUT2D eigenvalue weighted by Gasteiger charge is -2.18. The first kappa shape index (κ1) is 14.2. The van der Waals surface area contributed by atoms with E-state index in [0.717, 1.165) is 29.8 Å². The molecule has 0 saturated heterocycles. The third-order valence-corrected chi connectivity index (χ3v) is 5.07. The molecule has 1 heterocycles. The number of aromatic nitrogens is 1. The fourth-order valence-electron chi connectivity index (χ4n) is 2.84. The lowest BCUT2D eigenvalue weighted by molar-refractivity contribution is 0.0932. The van der Waals surface area contributed by atoms with Crippen LogP contribution < -0.4 is 11.1 Å². The number of rotatable bonds is 4. The number of carbonyl (C=O) groups excluding carboxylic acids is 1. The van der Waals surface area contributed by atoms with Crippen LogP contribution in [-0.4, -0.2) is 23.5 Å². The minimum absolute atomic E-state index is 0.0277. The summed E-state index contributed by atoms with van der Waals surface area (Å²) in [7, 11) is 0. The van der Waals surface area contributed by atoms with Crippen molar-refractivity contribution in [3.8, 4) is 10.6 Å². The Kier molecular flexibility index (Phi) is 4.31. The molecule has 2 unspecified atom stereocenters. The summed E-state index contributed by atoms with van der Waals surface area (Å²) in [5, 5.41) is 3.99. The first-order valence-corrected chi connectivity index (χ1v) is 8.12. The van der Waals surface area contributed by atoms with E-state index in [2.05, 4.69) is 10.3 Å². The summed E-state index contributed by atoms with van der Waals surface area (Å²) in [6.45, 7) is 0.642. The number of hydrogen-bond acceptors (Lipinski definition) is 4. The van der Waals surface area contributed by atoms with E-state index >= 15 is 0 Å². The van der Waals surface area contributed by atoms with Gasteiger partial charge in [-0.15, -0.1) is 11.3 Å². The SMILES string of the molecule is NCC1CCCC1NC(=O)c1cnc(-c2ccccc2)s1. The molecule has 1 saturated carbocycles. The van der Waals surface area contributed by atoms with Crippen LogP contribution in [0.3, 0.4) is 0 Å². The molecule has 4 nitrogen and oxygen atoms in total. The van der Waals surface area contributed by atoms with Gasteiger partial charge in [-0.1, -0.05) is 36.8 Å². The molecule has 2 atom stereocenters. The molecule has 21 heavy (non-hydrogen) atoms. The van der Waals surface area contributed by atoms with Crippen LogP contribution in [0.1, 0.15) is 28.9 Å². The average Bonchev–Trinajstić information content (AvgIpc) is 3.17. The minimum Gasteiger partial charge on any atom is -0.348 e. The van der Waals surface area contributed by atoms with E-state index in [-0.39, 0.29) is 11.9 Å². The first-order valence-electron chi connectivity index (χ1n) is 7.30. The Balaban J connectivity index is 1.70. The van der Waals surface area contributed by atoms with Crippen LogP contribution in [0.2, 0.25) is 0 Å². The highest BCUT2D eigenvalue weighted by molar-refractivity contribution is 7.16. The molecule has 1 aromatic heterocycles. The number of benzene rings is 1. The van der Waals surface area contributed by atoms with Gasteiger partial charge in [0.25, 0.3) is 5.91 Å². The molecule has 3 N–H and O–H groups in total. The topological polar surface area (TPSA) is 68.0 Å². The predicted molar refractivity (Wildman–Crippen MR) is 85.2 cm³/mol. The fourth-order valence-corrected chi connectivity index (χ4v) is 3.67. The second-order valence-electron chi connectivity index (χ2n) is 5.40. The van der Waals surface area contributed by atoms with Crippen molar-refractivity contribution >= 4 is 17.2 Å². The van der Waals surface area contributed by atoms with Crippen molar-refractivity contribution in [1.29, 1.82) is 0 Å². The molecule has 1 fully saturated rings. The summed E-state index contributed by atoms with van der Waals surface area (Å²) in [4.78, 5) is 17.3. The molecule has 0 aliphatic heterocycles. The summed E-state index contributed by atoms with van der Waals surface area (Å²) >= 11 is 1.43. The van der Waals surface area contributed by atoms with Gasteiger partial charge in [0.1, 0.15) is 9.88 Å². The maximum absolute atomic E-state index is 12.3. The van der Waals surface area contributed by atoms with Crippen LogP contribution in [0.25, 0.3) is 10.6 Å². The van der Waals surface area contributed by atoms with Crippen LogP contribution in [0.15, 0.2) is 36.5 Å². The number of carbonyl (C=O) groups is 1. The van der Waals surface area contributed by atoms with Crippen molar-refractivity contribution in [2.45, 2.75) is 25.3 Å². The van der Waals surface area contributed by atoms with Gasteiger partial charge in [0, 0.05) is 11.6 Å². The van der Waals surface area contributed by atoms with Gasteiger partial charge >= 0.3 is 0 Å². The summed E-state index contributed by atoms with van der Waals surface area (Å²) in [5.74, 6) is 0.385. The van der Waals surface area contributed by atoms with Crippen LogP contribution in [0.5, 0.6) is 0 Å². The van der Waals surface area contributed by atoms with Gasteiger partial charge in [-0.05, 0) is 25.3 Å². The van der Waals surface area contributed by atoms with Crippen LogP contribution in [0.4, 0.5) is 0 Å². The second-order valence-corrected chi connectivity index (χ2v) is 6.43. The highest BCUT2D eigenvalue weighted by Gasteiger charge is 2.28. The molecule has 0 spiro atoms. The lowest BCUT2D eigenvalue weighted by Crippen LogP contribution is -2.39. The highest BCUT2D eigenvalue weighted by Crippen LogP contribution is 2.27. The molecule has 2 aromatic rings. The second kappa shape index (κ2) is 6.37. The minimum atomic E-state index is -0.0277. The molecular formula is C16H19N3OS. The largest absolute Gasteiger partial charge is 0.348 e. The van der Waals surface area contributed by atoms with E-state index in [4.69, 9.17) is 5.73 Å². The smallest absolute Gasteiger partial charge is 0.263 e. The third-order valence-electron chi connectivity index (χ3n) is 4.03. The van der Waals surface area contributed by atoms with Crippen LogP contribution in [0, 0.1) is 5.92 Å². The van der Waals surface area contributed by atoms with Crippen molar-refractivity contribution in [2.75, 3.05) is 6.54 Å². The maximum atomic E-state index is 12.3. The Morgan fingerprint density at radius 3 is 2.90 bits per heavy atom.